The molecule has 0 aromatic rings. The van der Waals surface area contributed by atoms with Crippen molar-refractivity contribution in [1.82, 2.24) is 0 Å². The van der Waals surface area contributed by atoms with E-state index in [2.05, 4.69) is 4.99 Å². The predicted molar refractivity (Wildman–Crippen MR) is 42.9 cm³/mol. The normalized spacial score (nSPS) is 16.6. The van der Waals surface area contributed by atoms with Gasteiger partial charge in [-0.15, -0.1) is 0 Å². The summed E-state index contributed by atoms with van der Waals surface area (Å²) in [6.45, 7) is 4.51. The van der Waals surface area contributed by atoms with E-state index in [1.807, 2.05) is 13.8 Å². The zero-order valence-electron chi connectivity index (χ0n) is 6.66. The molecule has 0 atom stereocenters. The van der Waals surface area contributed by atoms with Gasteiger partial charge >= 0.3 is 5.97 Å². The lowest BCUT2D eigenvalue weighted by Crippen LogP contribution is -2.06. The number of hydrogen-bond acceptors (Lipinski definition) is 2. The fourth-order valence-electron chi connectivity index (χ4n) is 1.09. The minimum absolute atomic E-state index is 0.281. The average molecular weight is 153 g/mol. The van der Waals surface area contributed by atoms with Crippen molar-refractivity contribution in [2.45, 2.75) is 13.8 Å². The lowest BCUT2D eigenvalue weighted by Gasteiger charge is -2.05. The number of rotatable bonds is 2. The molecular weight excluding hydrogens is 142 g/mol. The quantitative estimate of drug-likeness (QED) is 0.646. The van der Waals surface area contributed by atoms with Crippen molar-refractivity contribution in [3.05, 3.63) is 11.1 Å². The molecule has 60 valence electrons. The molecule has 1 aliphatic heterocycles. The van der Waals surface area contributed by atoms with Crippen molar-refractivity contribution in [2.24, 2.45) is 10.9 Å². The maximum Gasteiger partial charge on any atom is 0.337 e. The first kappa shape index (κ1) is 7.98. The Morgan fingerprint density at radius 3 is 2.73 bits per heavy atom. The van der Waals surface area contributed by atoms with Crippen molar-refractivity contribution in [3.63, 3.8) is 0 Å². The number of carboxylic acids is 1. The second-order valence-electron chi connectivity index (χ2n) is 2.87. The molecule has 0 spiro atoms. The molecule has 1 aliphatic rings. The average Bonchev–Trinajstić information content (AvgIpc) is 2.32. The van der Waals surface area contributed by atoms with E-state index < -0.39 is 5.97 Å². The Balaban J connectivity index is 2.93. The van der Waals surface area contributed by atoms with Crippen molar-refractivity contribution in [3.8, 4) is 0 Å². The number of carboxylic acid groups (broad SMARTS) is 1. The minimum atomic E-state index is -0.866. The molecule has 0 bridgehead atoms. The van der Waals surface area contributed by atoms with Gasteiger partial charge in [0.2, 0.25) is 0 Å². The smallest absolute Gasteiger partial charge is 0.337 e. The van der Waals surface area contributed by atoms with Crippen LogP contribution in [0.15, 0.2) is 16.1 Å². The van der Waals surface area contributed by atoms with Crippen LogP contribution in [0.25, 0.3) is 0 Å². The molecule has 3 nitrogen and oxygen atoms in total. The Bertz CT molecular complexity index is 238. The molecule has 0 unspecified atom stereocenters. The molecule has 1 heterocycles. The first-order chi connectivity index (χ1) is 5.13. The highest BCUT2D eigenvalue weighted by atomic mass is 16.4. The van der Waals surface area contributed by atoms with Crippen LogP contribution >= 0.6 is 0 Å². The van der Waals surface area contributed by atoms with Gasteiger partial charge in [0.15, 0.2) is 0 Å². The van der Waals surface area contributed by atoms with E-state index in [4.69, 9.17) is 5.11 Å². The second kappa shape index (κ2) is 2.86. The van der Waals surface area contributed by atoms with Gasteiger partial charge in [0.25, 0.3) is 0 Å². The number of nitrogens with zero attached hydrogens (tertiary/aromatic N) is 1. The van der Waals surface area contributed by atoms with Crippen LogP contribution in [0.3, 0.4) is 0 Å². The summed E-state index contributed by atoms with van der Waals surface area (Å²) in [5, 5.41) is 8.68. The summed E-state index contributed by atoms with van der Waals surface area (Å²) in [4.78, 5) is 14.5. The van der Waals surface area contributed by atoms with Crippen molar-refractivity contribution in [1.29, 1.82) is 0 Å². The molecule has 0 saturated carbocycles. The molecule has 3 heteroatoms. The monoisotopic (exact) mass is 153 g/mol. The third-order valence-corrected chi connectivity index (χ3v) is 1.76. The van der Waals surface area contributed by atoms with Crippen molar-refractivity contribution < 1.29 is 9.90 Å². The molecule has 1 rings (SSSR count). The van der Waals surface area contributed by atoms with Crippen LogP contribution in [0.4, 0.5) is 0 Å². The summed E-state index contributed by atoms with van der Waals surface area (Å²) in [6.07, 6.45) is 1.44. The highest BCUT2D eigenvalue weighted by molar-refractivity contribution is 6.10. The topological polar surface area (TPSA) is 49.7 Å². The van der Waals surface area contributed by atoms with Gasteiger partial charge in [0.05, 0.1) is 12.1 Å². The molecule has 0 radical (unpaired) electrons. The third kappa shape index (κ3) is 1.48. The van der Waals surface area contributed by atoms with Gasteiger partial charge < -0.3 is 5.11 Å². The van der Waals surface area contributed by atoms with Gasteiger partial charge in [-0.2, -0.15) is 0 Å². The van der Waals surface area contributed by atoms with Crippen molar-refractivity contribution in [2.75, 3.05) is 6.54 Å². The van der Waals surface area contributed by atoms with E-state index >= 15 is 0 Å². The maximum absolute atomic E-state index is 10.6. The zero-order chi connectivity index (χ0) is 8.43. The zero-order valence-corrected chi connectivity index (χ0v) is 6.66. The Labute approximate surface area is 65.4 Å². The Morgan fingerprint density at radius 2 is 2.36 bits per heavy atom. The van der Waals surface area contributed by atoms with E-state index in [0.29, 0.717) is 12.1 Å². The van der Waals surface area contributed by atoms with Crippen LogP contribution in [0.1, 0.15) is 13.8 Å². The van der Waals surface area contributed by atoms with E-state index in [0.717, 1.165) is 5.57 Å². The largest absolute Gasteiger partial charge is 0.478 e. The molecule has 0 aromatic heterocycles. The fourth-order valence-corrected chi connectivity index (χ4v) is 1.09. The fraction of sp³-hybridized carbons (Fsp3) is 0.500. The van der Waals surface area contributed by atoms with Gasteiger partial charge in [-0.05, 0) is 11.5 Å². The van der Waals surface area contributed by atoms with Crippen molar-refractivity contribution >= 4 is 12.2 Å². The highest BCUT2D eigenvalue weighted by Crippen LogP contribution is 2.18. The molecule has 0 aromatic carbocycles. The molecule has 11 heavy (non-hydrogen) atoms. The highest BCUT2D eigenvalue weighted by Gasteiger charge is 2.18. The Kier molecular flexibility index (Phi) is 2.08. The second-order valence-corrected chi connectivity index (χ2v) is 2.87. The summed E-state index contributed by atoms with van der Waals surface area (Å²) in [7, 11) is 0. The number of aliphatic imine (C=N–C) groups is 1. The van der Waals surface area contributed by atoms with Gasteiger partial charge in [0, 0.05) is 6.21 Å². The lowest BCUT2D eigenvalue weighted by molar-refractivity contribution is -0.132. The van der Waals surface area contributed by atoms with Crippen LogP contribution in [-0.4, -0.2) is 23.8 Å². The predicted octanol–water partition coefficient (Wildman–Crippen LogP) is 1.11. The number of aliphatic carboxylic acids is 1. The Hall–Kier alpha value is -1.12. The van der Waals surface area contributed by atoms with Crippen LogP contribution in [0.2, 0.25) is 0 Å². The first-order valence-corrected chi connectivity index (χ1v) is 3.59. The maximum atomic E-state index is 10.6. The summed E-state index contributed by atoms with van der Waals surface area (Å²) in [5.41, 5.74) is 1.30. The lowest BCUT2D eigenvalue weighted by atomic mass is 10.00. The molecule has 0 amide bonds. The number of carbonyl (C=O) groups is 1. The summed E-state index contributed by atoms with van der Waals surface area (Å²) >= 11 is 0. The van der Waals surface area contributed by atoms with E-state index in [1.165, 1.54) is 6.21 Å². The standard InChI is InChI=1S/C8H11NO2/c1-5(2)6-3-9-4-7(6)8(10)11/h4-5H,3H2,1-2H3,(H,10,11). The summed E-state index contributed by atoms with van der Waals surface area (Å²) in [5.74, 6) is -0.585. The van der Waals surface area contributed by atoms with Gasteiger partial charge in [-0.3, -0.25) is 4.99 Å². The van der Waals surface area contributed by atoms with E-state index in [9.17, 15) is 4.79 Å². The molecule has 1 N–H and O–H groups in total. The van der Waals surface area contributed by atoms with Crippen LogP contribution < -0.4 is 0 Å². The van der Waals surface area contributed by atoms with E-state index in [-0.39, 0.29) is 5.92 Å². The Morgan fingerprint density at radius 1 is 1.73 bits per heavy atom. The molecule has 0 saturated heterocycles. The molecule has 0 aliphatic carbocycles. The third-order valence-electron chi connectivity index (χ3n) is 1.76. The van der Waals surface area contributed by atoms with Crippen LogP contribution in [0, 0.1) is 5.92 Å². The van der Waals surface area contributed by atoms with Gasteiger partial charge in [-0.25, -0.2) is 4.79 Å². The van der Waals surface area contributed by atoms with Gasteiger partial charge in [-0.1, -0.05) is 13.8 Å². The summed E-state index contributed by atoms with van der Waals surface area (Å²) in [6, 6.07) is 0. The number of hydrogen-bond donors (Lipinski definition) is 1. The van der Waals surface area contributed by atoms with Gasteiger partial charge in [0.1, 0.15) is 0 Å². The van der Waals surface area contributed by atoms with E-state index in [1.54, 1.807) is 0 Å². The minimum Gasteiger partial charge on any atom is -0.478 e. The van der Waals surface area contributed by atoms with Crippen LogP contribution in [-0.2, 0) is 4.79 Å². The first-order valence-electron chi connectivity index (χ1n) is 3.59. The SMILES string of the molecule is CC(C)C1=C(C(=O)O)C=NC1. The molecule has 0 fully saturated rings. The molecular formula is C8H11NO2. The van der Waals surface area contributed by atoms with Crippen LogP contribution in [0.5, 0.6) is 0 Å². The summed E-state index contributed by atoms with van der Waals surface area (Å²) < 4.78 is 0.